The number of halogens is 3. The Hall–Kier alpha value is -3.39. The molecule has 37 heavy (non-hydrogen) atoms. The number of aliphatic imine (C=N–C) groups is 1. The lowest BCUT2D eigenvalue weighted by Crippen LogP contribution is -2.29. The van der Waals surface area contributed by atoms with Crippen molar-refractivity contribution in [2.45, 2.75) is 43.9 Å². The van der Waals surface area contributed by atoms with Crippen LogP contribution >= 0.6 is 23.1 Å². The van der Waals surface area contributed by atoms with Crippen LogP contribution in [0.4, 0.5) is 19.2 Å². The minimum absolute atomic E-state index is 0.00634. The highest BCUT2D eigenvalue weighted by Gasteiger charge is 2.35. The van der Waals surface area contributed by atoms with Crippen LogP contribution < -0.4 is 9.64 Å². The molecule has 1 aliphatic rings. The molecule has 0 amide bonds. The number of alkyl halides is 3. The Bertz CT molecular complexity index is 1460. The Balaban J connectivity index is 1.29. The van der Waals surface area contributed by atoms with E-state index in [1.54, 1.807) is 29.5 Å². The Labute approximate surface area is 218 Å². The molecule has 0 saturated carbocycles. The van der Waals surface area contributed by atoms with Gasteiger partial charge < -0.3 is 9.26 Å². The van der Waals surface area contributed by atoms with Crippen LogP contribution in [0.25, 0.3) is 16.2 Å². The second-order valence-electron chi connectivity index (χ2n) is 8.49. The number of aromatic nitrogens is 5. The van der Waals surface area contributed by atoms with Crippen LogP contribution in [-0.2, 0) is 6.18 Å². The van der Waals surface area contributed by atoms with Gasteiger partial charge in [0, 0.05) is 22.6 Å². The summed E-state index contributed by atoms with van der Waals surface area (Å²) in [5.74, 6) is 0.778. The summed E-state index contributed by atoms with van der Waals surface area (Å²) in [6.45, 7) is 6.09. The molecule has 0 N–H and O–H groups in total. The van der Waals surface area contributed by atoms with Crippen LogP contribution in [0.1, 0.15) is 38.1 Å². The highest BCUT2D eigenvalue weighted by Crippen LogP contribution is 2.39. The summed E-state index contributed by atoms with van der Waals surface area (Å²) >= 11 is 2.39. The molecule has 0 spiro atoms. The molecule has 194 valence electrons. The summed E-state index contributed by atoms with van der Waals surface area (Å²) in [5, 5.41) is 8.63. The number of fused-ring (bicyclic) bond motifs is 1. The first-order valence-electron chi connectivity index (χ1n) is 11.2. The van der Waals surface area contributed by atoms with Gasteiger partial charge in [0.1, 0.15) is 12.8 Å². The van der Waals surface area contributed by atoms with E-state index in [4.69, 9.17) is 9.26 Å². The van der Waals surface area contributed by atoms with Crippen molar-refractivity contribution in [3.05, 3.63) is 48.1 Å². The summed E-state index contributed by atoms with van der Waals surface area (Å²) < 4.78 is 53.6. The van der Waals surface area contributed by atoms with Crippen LogP contribution in [-0.4, -0.2) is 49.5 Å². The molecule has 0 saturated heterocycles. The maximum atomic E-state index is 13.7. The fourth-order valence-electron chi connectivity index (χ4n) is 3.57. The van der Waals surface area contributed by atoms with Crippen LogP contribution in [0.2, 0.25) is 0 Å². The van der Waals surface area contributed by atoms with Crippen molar-refractivity contribution in [3.8, 4) is 16.5 Å². The fourth-order valence-corrected chi connectivity index (χ4v) is 4.82. The van der Waals surface area contributed by atoms with Gasteiger partial charge in [-0.2, -0.15) is 18.2 Å². The predicted octanol–water partition coefficient (Wildman–Crippen LogP) is 5.90. The molecule has 1 aromatic carbocycles. The summed E-state index contributed by atoms with van der Waals surface area (Å²) in [6, 6.07) is 4.59. The Morgan fingerprint density at radius 1 is 1.19 bits per heavy atom. The van der Waals surface area contributed by atoms with Gasteiger partial charge in [0.25, 0.3) is 5.19 Å². The average Bonchev–Trinajstić information content (AvgIpc) is 3.59. The van der Waals surface area contributed by atoms with Crippen LogP contribution in [0.5, 0.6) is 5.19 Å². The van der Waals surface area contributed by atoms with E-state index in [-0.39, 0.29) is 17.2 Å². The molecule has 14 heteroatoms. The van der Waals surface area contributed by atoms with Gasteiger partial charge in [-0.3, -0.25) is 9.89 Å². The van der Waals surface area contributed by atoms with Gasteiger partial charge >= 0.3 is 12.2 Å². The number of imidazole rings is 1. The zero-order chi connectivity index (χ0) is 26.3. The van der Waals surface area contributed by atoms with E-state index in [1.165, 1.54) is 28.5 Å². The van der Waals surface area contributed by atoms with E-state index >= 15 is 0 Å². The van der Waals surface area contributed by atoms with E-state index in [9.17, 15) is 13.2 Å². The van der Waals surface area contributed by atoms with E-state index in [2.05, 4.69) is 25.2 Å². The van der Waals surface area contributed by atoms with Gasteiger partial charge in [0.15, 0.2) is 5.82 Å². The topological polar surface area (TPSA) is 93.9 Å². The van der Waals surface area contributed by atoms with Crippen LogP contribution in [0.15, 0.2) is 51.1 Å². The van der Waals surface area contributed by atoms with Gasteiger partial charge in [-0.05, 0) is 42.7 Å². The standard InChI is InChI=1S/C23H22F3N7O2S2/c1-12(2)19-29-20(35-31-19)32-8-7-17(27-11-32)13(3)34-22-30-33-10-18(28-21(33)37-22)15-6-5-14(36-4)9-16(15)23(24,25)26/h5-10,12-13H,11H2,1-4H3. The number of rotatable bonds is 7. The summed E-state index contributed by atoms with van der Waals surface area (Å²) in [6.07, 6.45) is 1.87. The molecule has 0 fully saturated rings. The lowest BCUT2D eigenvalue weighted by atomic mass is 10.0. The van der Waals surface area contributed by atoms with Crippen LogP contribution in [0.3, 0.4) is 0 Å². The molecule has 1 atom stereocenters. The number of anilines is 1. The van der Waals surface area contributed by atoms with Gasteiger partial charge in [-0.1, -0.05) is 25.1 Å². The van der Waals surface area contributed by atoms with E-state index < -0.39 is 17.8 Å². The highest BCUT2D eigenvalue weighted by molar-refractivity contribution is 7.98. The molecule has 3 aromatic heterocycles. The molecule has 0 bridgehead atoms. The SMILES string of the molecule is CSc1ccc(-c2cn3nc(OC(C)C4=NCN(c5nc(C(C)C)no5)C=C4)sc3n2)c(C(F)(F)F)c1. The molecular formula is C23H22F3N7O2S2. The molecule has 4 heterocycles. The van der Waals surface area contributed by atoms with Crippen molar-refractivity contribution < 1.29 is 22.4 Å². The predicted molar refractivity (Wildman–Crippen MR) is 135 cm³/mol. The quantitative estimate of drug-likeness (QED) is 0.263. The number of thioether (sulfide) groups is 1. The van der Waals surface area contributed by atoms with Crippen molar-refractivity contribution in [1.29, 1.82) is 0 Å². The third kappa shape index (κ3) is 5.21. The molecule has 0 radical (unpaired) electrons. The Kier molecular flexibility index (Phi) is 6.70. The van der Waals surface area contributed by atoms with Gasteiger partial charge in [-0.15, -0.1) is 16.9 Å². The first-order chi connectivity index (χ1) is 17.6. The van der Waals surface area contributed by atoms with Crippen LogP contribution in [0, 0.1) is 0 Å². The minimum atomic E-state index is -4.50. The third-order valence-corrected chi connectivity index (χ3v) is 7.09. The van der Waals surface area contributed by atoms with Gasteiger partial charge in [0.05, 0.1) is 23.2 Å². The summed E-state index contributed by atoms with van der Waals surface area (Å²) in [5.41, 5.74) is 0.163. The second-order valence-corrected chi connectivity index (χ2v) is 10.3. The largest absolute Gasteiger partial charge is 0.459 e. The average molecular weight is 550 g/mol. The molecule has 1 aliphatic heterocycles. The molecule has 0 aliphatic carbocycles. The summed E-state index contributed by atoms with van der Waals surface area (Å²) in [4.78, 5) is 15.9. The lowest BCUT2D eigenvalue weighted by Gasteiger charge is -2.20. The minimum Gasteiger partial charge on any atom is -0.459 e. The van der Waals surface area contributed by atoms with E-state index in [0.717, 1.165) is 17.4 Å². The van der Waals surface area contributed by atoms with Gasteiger partial charge in [0.2, 0.25) is 4.96 Å². The molecule has 1 unspecified atom stereocenters. The highest BCUT2D eigenvalue weighted by atomic mass is 32.2. The van der Waals surface area contributed by atoms with Crippen molar-refractivity contribution >= 4 is 39.8 Å². The Morgan fingerprint density at radius 2 is 2.00 bits per heavy atom. The molecule has 4 aromatic rings. The smallest absolute Gasteiger partial charge is 0.417 e. The number of ether oxygens (including phenoxy) is 1. The zero-order valence-electron chi connectivity index (χ0n) is 20.2. The molecule has 9 nitrogen and oxygen atoms in total. The normalized spacial score (nSPS) is 15.0. The van der Waals surface area contributed by atoms with E-state index in [0.29, 0.717) is 39.3 Å². The first kappa shape index (κ1) is 25.3. The van der Waals surface area contributed by atoms with Crippen molar-refractivity contribution in [1.82, 2.24) is 24.7 Å². The van der Waals surface area contributed by atoms with E-state index in [1.807, 2.05) is 20.8 Å². The van der Waals surface area contributed by atoms with Crippen molar-refractivity contribution in [2.24, 2.45) is 4.99 Å². The maximum absolute atomic E-state index is 13.7. The fraction of sp³-hybridized carbons (Fsp3) is 0.348. The van der Waals surface area contributed by atoms with Crippen molar-refractivity contribution in [3.63, 3.8) is 0 Å². The molecular weight excluding hydrogens is 527 g/mol. The number of hydrogen-bond donors (Lipinski definition) is 0. The Morgan fingerprint density at radius 3 is 2.62 bits per heavy atom. The van der Waals surface area contributed by atoms with Crippen molar-refractivity contribution in [2.75, 3.05) is 17.8 Å². The maximum Gasteiger partial charge on any atom is 0.417 e. The first-order valence-corrected chi connectivity index (χ1v) is 13.3. The molecule has 5 rings (SSSR count). The zero-order valence-corrected chi connectivity index (χ0v) is 21.9. The number of nitrogens with zero attached hydrogens (tertiary/aromatic N) is 7. The van der Waals surface area contributed by atoms with Gasteiger partial charge in [-0.25, -0.2) is 9.50 Å². The number of benzene rings is 1. The monoisotopic (exact) mass is 549 g/mol. The summed E-state index contributed by atoms with van der Waals surface area (Å²) in [7, 11) is 0. The lowest BCUT2D eigenvalue weighted by molar-refractivity contribution is -0.137. The third-order valence-electron chi connectivity index (χ3n) is 5.55. The second kappa shape index (κ2) is 9.82. The number of hydrogen-bond acceptors (Lipinski definition) is 10.